The molecule has 2 aromatic rings. The lowest BCUT2D eigenvalue weighted by Crippen LogP contribution is -2.52. The predicted octanol–water partition coefficient (Wildman–Crippen LogP) is 7.37. The van der Waals surface area contributed by atoms with Crippen molar-refractivity contribution in [2.24, 2.45) is 46.8 Å². The van der Waals surface area contributed by atoms with E-state index in [1.54, 1.807) is 18.2 Å². The van der Waals surface area contributed by atoms with Crippen LogP contribution in [-0.4, -0.2) is 125 Å². The number of hydrogen-bond acceptors (Lipinski definition) is 16. The van der Waals surface area contributed by atoms with Crippen molar-refractivity contribution < 1.29 is 54.7 Å². The maximum atomic E-state index is 11.9. The van der Waals surface area contributed by atoms with E-state index in [-0.39, 0.29) is 77.5 Å². The minimum absolute atomic E-state index is 0.0458. The number of aliphatic hydroxyl groups is 5. The van der Waals surface area contributed by atoms with Crippen LogP contribution < -0.4 is 19.5 Å². The van der Waals surface area contributed by atoms with Crippen LogP contribution in [0.5, 0.6) is 28.7 Å². The summed E-state index contributed by atoms with van der Waals surface area (Å²) in [5.74, 6) is 12.9. The zero-order chi connectivity index (χ0) is 46.8. The molecule has 1 spiro atoms. The Balaban J connectivity index is 1.17. The van der Waals surface area contributed by atoms with E-state index in [4.69, 9.17) is 18.9 Å². The summed E-state index contributed by atoms with van der Waals surface area (Å²) in [5.41, 5.74) is 2.31. The van der Waals surface area contributed by atoms with Crippen LogP contribution in [0.1, 0.15) is 93.1 Å². The number of phenols is 2. The van der Waals surface area contributed by atoms with Gasteiger partial charge in [0.15, 0.2) is 23.0 Å². The fourth-order valence-electron chi connectivity index (χ4n) is 11.9. The van der Waals surface area contributed by atoms with E-state index in [0.29, 0.717) is 60.2 Å². The molecular weight excluding hydrogens is 919 g/mol. The fourth-order valence-corrected chi connectivity index (χ4v) is 17.5. The van der Waals surface area contributed by atoms with Crippen molar-refractivity contribution >= 4 is 43.2 Å². The van der Waals surface area contributed by atoms with Crippen molar-refractivity contribution in [3.8, 4) is 40.6 Å². The third kappa shape index (κ3) is 12.5. The number of methoxy groups -OCH3 is 2. The molecule has 13 unspecified atom stereocenters. The maximum absolute atomic E-state index is 11.9. The monoisotopic (exact) mass is 991 g/mol. The van der Waals surface area contributed by atoms with Gasteiger partial charge in [-0.3, -0.25) is 0 Å². The Labute approximate surface area is 407 Å². The highest BCUT2D eigenvalue weighted by Gasteiger charge is 2.55. The molecule has 12 nitrogen and oxygen atoms in total. The van der Waals surface area contributed by atoms with Gasteiger partial charge in [0.2, 0.25) is 5.75 Å². The van der Waals surface area contributed by atoms with E-state index in [0.717, 1.165) is 74.2 Å². The first-order valence-electron chi connectivity index (χ1n) is 24.0. The zero-order valence-electron chi connectivity index (χ0n) is 38.8. The number of benzene rings is 2. The van der Waals surface area contributed by atoms with Gasteiger partial charge >= 0.3 is 0 Å². The maximum Gasteiger partial charge on any atom is 0.200 e. The van der Waals surface area contributed by atoms with E-state index in [1.807, 2.05) is 27.7 Å². The number of phenolic OH excluding ortho intramolecular Hbond substituents is 2. The van der Waals surface area contributed by atoms with Crippen LogP contribution in [0.4, 0.5) is 0 Å². The van der Waals surface area contributed by atoms with Gasteiger partial charge in [-0.25, -0.2) is 0 Å². The molecule has 2 aromatic carbocycles. The van der Waals surface area contributed by atoms with Crippen LogP contribution in [-0.2, 0) is 17.6 Å². The molecule has 3 heterocycles. The highest BCUT2D eigenvalue weighted by Crippen LogP contribution is 2.59. The highest BCUT2D eigenvalue weighted by molar-refractivity contribution is 8.77. The summed E-state index contributed by atoms with van der Waals surface area (Å²) in [4.78, 5) is 0. The Hall–Kier alpha value is -1.88. The average molecular weight is 992 g/mol. The molecule has 368 valence electrons. The van der Waals surface area contributed by atoms with Crippen LogP contribution in [0, 0.1) is 58.7 Å². The van der Waals surface area contributed by atoms with Crippen LogP contribution in [0.25, 0.3) is 0 Å². The molecule has 2 fully saturated rings. The topological polar surface area (TPSA) is 191 Å². The number of aliphatic hydroxyl groups excluding tert-OH is 5. The van der Waals surface area contributed by atoms with Crippen molar-refractivity contribution in [1.82, 2.24) is 5.32 Å². The van der Waals surface area contributed by atoms with Crippen molar-refractivity contribution in [3.63, 3.8) is 0 Å². The third-order valence-corrected chi connectivity index (χ3v) is 20.5. The highest BCUT2D eigenvalue weighted by atomic mass is 33.1. The molecule has 2 saturated carbocycles. The molecule has 0 amide bonds. The molecule has 5 aliphatic rings. The van der Waals surface area contributed by atoms with Crippen LogP contribution in [0.3, 0.4) is 0 Å². The quantitative estimate of drug-likeness (QED) is 0.0564. The summed E-state index contributed by atoms with van der Waals surface area (Å²) in [7, 11) is 9.86. The van der Waals surface area contributed by atoms with E-state index >= 15 is 0 Å². The molecule has 0 saturated heterocycles. The van der Waals surface area contributed by atoms with Gasteiger partial charge in [-0.05, 0) is 154 Å². The van der Waals surface area contributed by atoms with E-state index in [9.17, 15) is 35.7 Å². The average Bonchev–Trinajstić information content (AvgIpc) is 3.37. The van der Waals surface area contributed by atoms with Crippen molar-refractivity contribution in [2.45, 2.75) is 114 Å². The molecule has 16 heteroatoms. The van der Waals surface area contributed by atoms with Gasteiger partial charge in [-0.1, -0.05) is 61.9 Å². The van der Waals surface area contributed by atoms with E-state index in [2.05, 4.69) is 24.1 Å². The Bertz CT molecular complexity index is 1910. The van der Waals surface area contributed by atoms with Gasteiger partial charge in [0.25, 0.3) is 0 Å². The smallest absolute Gasteiger partial charge is 0.200 e. The standard InChI is InChI=1S/C50H73NO11S4/c1-30-15-35-27-64-63-26-31-10-12-50(23-30,40(35)5-4-13-52)41-20-37(9-7-34(41)25-51-24-31)62-45-19-33-6-8-36(61-29-54)21-42(55)39(16-32-17-46(59-2)49(58)47(18-32)60-3)44(57)28-65-66-48(11-14-53)38(33)22-43(45)56/h17-19,22,30-31,34-37,39-42,44,48,51-58H,4-9,11,13-16,20-21,23-29H2,1-3H3. The molecule has 3 bridgehead atoms. The molecular formula is C50H73NO11S4. The second kappa shape index (κ2) is 24.8. The molecule has 0 aromatic heterocycles. The zero-order valence-corrected chi connectivity index (χ0v) is 42.0. The lowest BCUT2D eigenvalue weighted by molar-refractivity contribution is -0.0808. The third-order valence-electron chi connectivity index (χ3n) is 15.1. The summed E-state index contributed by atoms with van der Waals surface area (Å²) < 4.78 is 23.6. The minimum Gasteiger partial charge on any atom is -0.504 e. The molecule has 13 atom stereocenters. The fraction of sp³-hybridized carbons (Fsp3) is 0.720. The van der Waals surface area contributed by atoms with Crippen LogP contribution in [0.2, 0.25) is 0 Å². The lowest BCUT2D eigenvalue weighted by atomic mass is 9.49. The van der Waals surface area contributed by atoms with Crippen LogP contribution >= 0.6 is 43.2 Å². The van der Waals surface area contributed by atoms with Gasteiger partial charge in [-0.2, -0.15) is 0 Å². The normalized spacial score (nSPS) is 34.2. The SMILES string of the molecule is COc1cc(CC2C(O)CSSC(CCO)c3cc(O)c(OC4CCC5CNCC6C#CC7(CC(C)CC(CSSC6)C7CCCO)C5C4)cc3CCC(OCO)CC2O)cc(OC)c1O. The summed E-state index contributed by atoms with van der Waals surface area (Å²) in [6, 6.07) is 7.09. The Morgan fingerprint density at radius 1 is 0.803 bits per heavy atom. The second-order valence-electron chi connectivity index (χ2n) is 19.4. The number of nitrogens with one attached hydrogen (secondary N) is 1. The largest absolute Gasteiger partial charge is 0.504 e. The van der Waals surface area contributed by atoms with Gasteiger partial charge in [0, 0.05) is 59.5 Å². The summed E-state index contributed by atoms with van der Waals surface area (Å²) in [6.45, 7) is 3.81. The number of aryl methyl sites for hydroxylation is 1. The number of aromatic hydroxyl groups is 2. The Morgan fingerprint density at radius 3 is 2.33 bits per heavy atom. The van der Waals surface area contributed by atoms with Crippen molar-refractivity contribution in [3.05, 3.63) is 41.0 Å². The summed E-state index contributed by atoms with van der Waals surface area (Å²) in [5, 5.41) is 80.1. The summed E-state index contributed by atoms with van der Waals surface area (Å²) in [6.07, 6.45) is 5.70. The molecule has 8 N–H and O–H groups in total. The molecule has 66 heavy (non-hydrogen) atoms. The first kappa shape index (κ1) is 52.0. The number of ether oxygens (including phenoxy) is 4. The number of fused-ring (bicyclic) bond motifs is 4. The van der Waals surface area contributed by atoms with E-state index in [1.165, 1.54) is 42.2 Å². The Morgan fingerprint density at radius 2 is 1.59 bits per heavy atom. The first-order valence-corrected chi connectivity index (χ1v) is 28.9. The van der Waals surface area contributed by atoms with Gasteiger partial charge in [-0.15, -0.1) is 0 Å². The first-order chi connectivity index (χ1) is 32.0. The Kier molecular flexibility index (Phi) is 19.5. The predicted molar refractivity (Wildman–Crippen MR) is 266 cm³/mol. The number of hydrogen-bond donors (Lipinski definition) is 8. The minimum atomic E-state index is -1.02. The second-order valence-corrected chi connectivity index (χ2v) is 24.5. The van der Waals surface area contributed by atoms with Crippen LogP contribution in [0.15, 0.2) is 24.3 Å². The van der Waals surface area contributed by atoms with Gasteiger partial charge in [0.1, 0.15) is 6.79 Å². The molecule has 7 rings (SSSR count). The van der Waals surface area contributed by atoms with Crippen molar-refractivity contribution in [1.29, 1.82) is 0 Å². The number of rotatable bonds is 13. The molecule has 0 radical (unpaired) electrons. The molecule has 3 aliphatic heterocycles. The van der Waals surface area contributed by atoms with Gasteiger partial charge < -0.3 is 60.0 Å². The van der Waals surface area contributed by atoms with E-state index < -0.39 is 31.0 Å². The van der Waals surface area contributed by atoms with Crippen molar-refractivity contribution in [2.75, 3.05) is 64.6 Å². The molecule has 2 aliphatic carbocycles. The summed E-state index contributed by atoms with van der Waals surface area (Å²) >= 11 is 0. The van der Waals surface area contributed by atoms with Gasteiger partial charge in [0.05, 0.1) is 38.6 Å². The lowest BCUT2D eigenvalue weighted by Gasteiger charge is -2.55.